The Hall–Kier alpha value is -2.13. The van der Waals surface area contributed by atoms with Crippen LogP contribution < -0.4 is 10.2 Å². The van der Waals surface area contributed by atoms with Gasteiger partial charge in [0.1, 0.15) is 11.0 Å². The van der Waals surface area contributed by atoms with Crippen molar-refractivity contribution >= 4 is 35.0 Å². The van der Waals surface area contributed by atoms with E-state index in [0.29, 0.717) is 44.1 Å². The van der Waals surface area contributed by atoms with Crippen molar-refractivity contribution < 1.29 is 29.0 Å². The van der Waals surface area contributed by atoms with Gasteiger partial charge in [0, 0.05) is 29.3 Å². The summed E-state index contributed by atoms with van der Waals surface area (Å²) in [4.78, 5) is 41.3. The molecule has 2 N–H and O–H groups in total. The van der Waals surface area contributed by atoms with E-state index in [1.165, 1.54) is 11.3 Å². The molecule has 3 atom stereocenters. The van der Waals surface area contributed by atoms with Crippen LogP contribution in [0, 0.1) is 11.8 Å². The molecule has 1 aliphatic heterocycles. The Balaban J connectivity index is 1.77. The topological polar surface area (TPSA) is 105 Å². The van der Waals surface area contributed by atoms with Crippen LogP contribution in [0.5, 0.6) is 0 Å². The van der Waals surface area contributed by atoms with Crippen LogP contribution in [0.15, 0.2) is 6.07 Å². The lowest BCUT2D eigenvalue weighted by molar-refractivity contribution is -0.124. The first-order chi connectivity index (χ1) is 17.4. The number of amides is 2. The van der Waals surface area contributed by atoms with Crippen molar-refractivity contribution in [1.82, 2.24) is 5.32 Å². The summed E-state index contributed by atoms with van der Waals surface area (Å²) >= 11 is 1.26. The zero-order valence-electron chi connectivity index (χ0n) is 23.2. The van der Waals surface area contributed by atoms with Crippen molar-refractivity contribution in [3.8, 4) is 0 Å². The number of carbonyl (C=O) groups is 3. The predicted octanol–water partition coefficient (Wildman–Crippen LogP) is 5.98. The number of aromatic carboxylic acids is 1. The van der Waals surface area contributed by atoms with Crippen LogP contribution in [0.2, 0.25) is 0 Å². The fourth-order valence-electron chi connectivity index (χ4n) is 5.05. The highest BCUT2D eigenvalue weighted by Crippen LogP contribution is 2.40. The fourth-order valence-corrected chi connectivity index (χ4v) is 6.09. The molecule has 9 heteroatoms. The van der Waals surface area contributed by atoms with E-state index in [1.54, 1.807) is 4.90 Å². The van der Waals surface area contributed by atoms with E-state index in [4.69, 9.17) is 9.47 Å². The van der Waals surface area contributed by atoms with Gasteiger partial charge in [0.15, 0.2) is 0 Å². The third-order valence-electron chi connectivity index (χ3n) is 7.49. The summed E-state index contributed by atoms with van der Waals surface area (Å²) in [5.41, 5.74) is 0.272. The van der Waals surface area contributed by atoms with Crippen LogP contribution in [0.1, 0.15) is 101 Å². The second-order valence-corrected chi connectivity index (χ2v) is 13.0. The molecule has 3 rings (SSSR count). The van der Waals surface area contributed by atoms with Gasteiger partial charge >= 0.3 is 12.1 Å². The lowest BCUT2D eigenvalue weighted by atomic mass is 9.82. The van der Waals surface area contributed by atoms with Crippen molar-refractivity contribution in [2.24, 2.45) is 11.8 Å². The summed E-state index contributed by atoms with van der Waals surface area (Å²) in [5, 5.41) is 12.9. The quantitative estimate of drug-likeness (QED) is 0.403. The van der Waals surface area contributed by atoms with Crippen LogP contribution in [0.4, 0.5) is 10.5 Å². The normalized spacial score (nSPS) is 23.8. The first-order valence-corrected chi connectivity index (χ1v) is 14.4. The standard InChI is InChI=1S/C28H44N2O6S/c1-17-7-11-20(12-8-17)25(31)30(22-15-23(28(4,5)6)37-24(22)26(32)33)19(3)10-9-18(2)29-27(34)36-21-13-14-35-16-21/h15,17-21H,7-14,16H2,1-6H3,(H,29,34)(H,32,33)/t17?,18?,19?,20?,21-/m1/s1. The molecule has 2 amide bonds. The zero-order chi connectivity index (χ0) is 27.3. The molecule has 1 aliphatic carbocycles. The van der Waals surface area contributed by atoms with Gasteiger partial charge in [0.2, 0.25) is 5.91 Å². The molecule has 1 saturated heterocycles. The molecule has 1 aromatic rings. The SMILES string of the molecule is CC1CCC(C(=O)N(c2cc(C(C)(C)C)sc2C(=O)O)C(C)CCC(C)NC(=O)O[C@@H]2CCOC2)CC1. The van der Waals surface area contributed by atoms with Crippen molar-refractivity contribution in [3.05, 3.63) is 15.8 Å². The molecule has 0 spiro atoms. The predicted molar refractivity (Wildman–Crippen MR) is 146 cm³/mol. The smallest absolute Gasteiger partial charge is 0.407 e. The van der Waals surface area contributed by atoms with Crippen LogP contribution in [0.3, 0.4) is 0 Å². The summed E-state index contributed by atoms with van der Waals surface area (Å²) in [6.07, 6.45) is 4.96. The number of rotatable bonds is 9. The summed E-state index contributed by atoms with van der Waals surface area (Å²) in [5.74, 6) is -0.481. The summed E-state index contributed by atoms with van der Waals surface area (Å²) in [6.45, 7) is 13.3. The number of carboxylic acid groups (broad SMARTS) is 1. The maximum absolute atomic E-state index is 13.9. The van der Waals surface area contributed by atoms with Gasteiger partial charge in [-0.25, -0.2) is 9.59 Å². The average Bonchev–Trinajstić information content (AvgIpc) is 3.48. The summed E-state index contributed by atoms with van der Waals surface area (Å²) in [6, 6.07) is 1.52. The number of carbonyl (C=O) groups excluding carboxylic acids is 2. The van der Waals surface area contributed by atoms with Gasteiger partial charge < -0.3 is 24.8 Å². The fraction of sp³-hybridized carbons (Fsp3) is 0.750. The minimum Gasteiger partial charge on any atom is -0.477 e. The molecular formula is C28H44N2O6S. The van der Waals surface area contributed by atoms with Crippen LogP contribution >= 0.6 is 11.3 Å². The van der Waals surface area contributed by atoms with E-state index in [1.807, 2.05) is 19.9 Å². The van der Waals surface area contributed by atoms with E-state index < -0.39 is 12.1 Å². The van der Waals surface area contributed by atoms with Gasteiger partial charge in [-0.05, 0) is 69.8 Å². The van der Waals surface area contributed by atoms with E-state index in [-0.39, 0.29) is 40.3 Å². The molecule has 0 aromatic carbocycles. The zero-order valence-corrected chi connectivity index (χ0v) is 24.0. The van der Waals surface area contributed by atoms with Gasteiger partial charge in [-0.1, -0.05) is 27.7 Å². The number of nitrogens with one attached hydrogen (secondary N) is 1. The molecule has 37 heavy (non-hydrogen) atoms. The van der Waals surface area contributed by atoms with Crippen LogP contribution in [-0.4, -0.2) is 54.5 Å². The molecule has 2 fully saturated rings. The monoisotopic (exact) mass is 536 g/mol. The molecule has 0 bridgehead atoms. The third-order valence-corrected chi connectivity index (χ3v) is 9.03. The Morgan fingerprint density at radius 3 is 2.41 bits per heavy atom. The van der Waals surface area contributed by atoms with Gasteiger partial charge in [-0.15, -0.1) is 11.3 Å². The highest BCUT2D eigenvalue weighted by atomic mass is 32.1. The Kier molecular flexibility index (Phi) is 10.0. The lowest BCUT2D eigenvalue weighted by Crippen LogP contribution is -2.44. The van der Waals surface area contributed by atoms with Crippen molar-refractivity contribution in [3.63, 3.8) is 0 Å². The molecule has 0 radical (unpaired) electrons. The van der Waals surface area contributed by atoms with Crippen LogP contribution in [0.25, 0.3) is 0 Å². The number of ether oxygens (including phenoxy) is 2. The Labute approximate surface area is 225 Å². The number of anilines is 1. The minimum atomic E-state index is -1.01. The molecule has 2 unspecified atom stereocenters. The second-order valence-electron chi connectivity index (χ2n) is 11.9. The maximum Gasteiger partial charge on any atom is 0.407 e. The summed E-state index contributed by atoms with van der Waals surface area (Å²) < 4.78 is 10.7. The molecule has 208 valence electrons. The van der Waals surface area contributed by atoms with E-state index in [9.17, 15) is 19.5 Å². The highest BCUT2D eigenvalue weighted by molar-refractivity contribution is 7.14. The van der Waals surface area contributed by atoms with Crippen molar-refractivity contribution in [2.45, 2.75) is 110 Å². The Morgan fingerprint density at radius 2 is 1.84 bits per heavy atom. The first-order valence-electron chi connectivity index (χ1n) is 13.6. The maximum atomic E-state index is 13.9. The van der Waals surface area contributed by atoms with E-state index in [2.05, 4.69) is 33.0 Å². The molecule has 8 nitrogen and oxygen atoms in total. The Bertz CT molecular complexity index is 941. The number of alkyl carbamates (subject to hydrolysis) is 1. The molecular weight excluding hydrogens is 492 g/mol. The molecule has 1 aromatic heterocycles. The molecule has 2 heterocycles. The number of hydrogen-bond acceptors (Lipinski definition) is 6. The third kappa shape index (κ3) is 7.93. The van der Waals surface area contributed by atoms with Gasteiger partial charge in [0.05, 0.1) is 18.9 Å². The number of carboxylic acids is 1. The largest absolute Gasteiger partial charge is 0.477 e. The minimum absolute atomic E-state index is 0.0152. The van der Waals surface area contributed by atoms with Crippen LogP contribution in [-0.2, 0) is 19.7 Å². The average molecular weight is 537 g/mol. The van der Waals surface area contributed by atoms with Gasteiger partial charge in [0.25, 0.3) is 0 Å². The number of hydrogen-bond donors (Lipinski definition) is 2. The van der Waals surface area contributed by atoms with Gasteiger partial charge in [-0.3, -0.25) is 4.79 Å². The highest BCUT2D eigenvalue weighted by Gasteiger charge is 2.35. The van der Waals surface area contributed by atoms with E-state index >= 15 is 0 Å². The second kappa shape index (κ2) is 12.6. The Morgan fingerprint density at radius 1 is 1.16 bits per heavy atom. The van der Waals surface area contributed by atoms with Crippen molar-refractivity contribution in [2.75, 3.05) is 18.1 Å². The first kappa shape index (κ1) is 29.4. The van der Waals surface area contributed by atoms with E-state index in [0.717, 1.165) is 30.6 Å². The van der Waals surface area contributed by atoms with Gasteiger partial charge in [-0.2, -0.15) is 0 Å². The number of nitrogens with zero attached hydrogens (tertiary/aromatic N) is 1. The molecule has 2 aliphatic rings. The number of thiophene rings is 1. The lowest BCUT2D eigenvalue weighted by Gasteiger charge is -2.35. The van der Waals surface area contributed by atoms with Crippen molar-refractivity contribution in [1.29, 1.82) is 0 Å². The molecule has 1 saturated carbocycles. The summed E-state index contributed by atoms with van der Waals surface area (Å²) in [7, 11) is 0.